The topological polar surface area (TPSA) is 12.0 Å². The molecule has 1 nitrogen and oxygen atoms in total. The Morgan fingerprint density at radius 2 is 1.07 bits per heavy atom. The third kappa shape index (κ3) is 5.30. The average molecular weight is 418 g/mol. The molecule has 0 amide bonds. The van der Waals surface area contributed by atoms with Gasteiger partial charge in [0.15, 0.2) is 0 Å². The van der Waals surface area contributed by atoms with Crippen molar-refractivity contribution < 1.29 is 0 Å². The van der Waals surface area contributed by atoms with Crippen molar-refractivity contribution in [1.82, 2.24) is 5.32 Å². The summed E-state index contributed by atoms with van der Waals surface area (Å²) in [6.45, 7) is 1.78. The summed E-state index contributed by atoms with van der Waals surface area (Å²) in [6, 6.07) is 32.4. The normalized spacial score (nSPS) is 11.0. The molecule has 0 heterocycles. The summed E-state index contributed by atoms with van der Waals surface area (Å²) in [7, 11) is 0. The Bertz CT molecular complexity index is 669. The van der Waals surface area contributed by atoms with Gasteiger partial charge in [-0.3, -0.25) is 0 Å². The fourth-order valence-electron chi connectivity index (χ4n) is 3.24. The molecular weight excluding hydrogens is 393 g/mol. The summed E-state index contributed by atoms with van der Waals surface area (Å²) in [6.07, 6.45) is 0. The molecule has 0 unspecified atom stereocenters. The Labute approximate surface area is 177 Å². The standard InChI is InChI=1S/C23H24ClNS.ClH/c24-16-17-25-18-19-26-23(20-10-4-1-5-11-20,21-12-6-2-7-13-21)22-14-8-3-9-15-22;/h1-15,25H,16-19H2;1H. The smallest absolute Gasteiger partial charge is 0.0907 e. The molecule has 142 valence electrons. The first kappa shape index (κ1) is 21.8. The second-order valence-corrected chi connectivity index (χ2v) is 7.75. The van der Waals surface area contributed by atoms with Crippen LogP contribution >= 0.6 is 35.8 Å². The van der Waals surface area contributed by atoms with E-state index in [1.807, 2.05) is 11.8 Å². The summed E-state index contributed by atoms with van der Waals surface area (Å²) in [5, 5.41) is 3.41. The van der Waals surface area contributed by atoms with Crippen LogP contribution in [0.3, 0.4) is 0 Å². The summed E-state index contributed by atoms with van der Waals surface area (Å²) in [5.41, 5.74) is 3.92. The molecule has 0 aromatic heterocycles. The summed E-state index contributed by atoms with van der Waals surface area (Å²) in [4.78, 5) is 0. The van der Waals surface area contributed by atoms with Gasteiger partial charge in [-0.15, -0.1) is 35.8 Å². The first-order valence-electron chi connectivity index (χ1n) is 8.95. The monoisotopic (exact) mass is 417 g/mol. The lowest BCUT2D eigenvalue weighted by molar-refractivity contribution is 0.768. The summed E-state index contributed by atoms with van der Waals surface area (Å²) in [5.74, 6) is 1.64. The highest BCUT2D eigenvalue weighted by atomic mass is 35.5. The molecule has 3 aromatic rings. The zero-order chi connectivity index (χ0) is 18.1. The van der Waals surface area contributed by atoms with E-state index in [1.54, 1.807) is 0 Å². The van der Waals surface area contributed by atoms with Crippen LogP contribution in [-0.4, -0.2) is 24.7 Å². The second-order valence-electron chi connectivity index (χ2n) is 6.07. The first-order valence-corrected chi connectivity index (χ1v) is 10.5. The molecule has 27 heavy (non-hydrogen) atoms. The Balaban J connectivity index is 0.00000261. The maximum atomic E-state index is 5.79. The number of halogens is 2. The molecule has 3 aromatic carbocycles. The molecule has 0 aliphatic rings. The van der Waals surface area contributed by atoms with Gasteiger partial charge in [-0.1, -0.05) is 91.0 Å². The first-order chi connectivity index (χ1) is 12.9. The minimum absolute atomic E-state index is 0. The van der Waals surface area contributed by atoms with E-state index in [9.17, 15) is 0 Å². The quantitative estimate of drug-likeness (QED) is 0.261. The minimum Gasteiger partial charge on any atom is -0.315 e. The largest absolute Gasteiger partial charge is 0.315 e. The van der Waals surface area contributed by atoms with Crippen LogP contribution in [0.2, 0.25) is 0 Å². The van der Waals surface area contributed by atoms with Crippen LogP contribution in [0.1, 0.15) is 16.7 Å². The van der Waals surface area contributed by atoms with Crippen molar-refractivity contribution in [3.05, 3.63) is 108 Å². The number of hydrogen-bond acceptors (Lipinski definition) is 2. The molecule has 1 N–H and O–H groups in total. The van der Waals surface area contributed by atoms with Crippen molar-refractivity contribution in [2.24, 2.45) is 0 Å². The van der Waals surface area contributed by atoms with Gasteiger partial charge in [-0.25, -0.2) is 0 Å². The lowest BCUT2D eigenvalue weighted by atomic mass is 9.84. The zero-order valence-corrected chi connectivity index (χ0v) is 17.6. The Hall–Kier alpha value is -1.45. The fraction of sp³-hybridized carbons (Fsp3) is 0.217. The van der Waals surface area contributed by atoms with Gasteiger partial charge in [0, 0.05) is 24.7 Å². The number of thioether (sulfide) groups is 1. The number of rotatable bonds is 9. The van der Waals surface area contributed by atoms with Crippen LogP contribution in [0, 0.1) is 0 Å². The van der Waals surface area contributed by atoms with E-state index >= 15 is 0 Å². The lowest BCUT2D eigenvalue weighted by Gasteiger charge is -2.35. The predicted octanol–water partition coefficient (Wildman–Crippen LogP) is 5.96. The third-order valence-corrected chi connectivity index (χ3v) is 6.15. The molecule has 0 atom stereocenters. The van der Waals surface area contributed by atoms with Crippen molar-refractivity contribution in [1.29, 1.82) is 0 Å². The number of benzene rings is 3. The van der Waals surface area contributed by atoms with Gasteiger partial charge < -0.3 is 5.32 Å². The molecule has 0 bridgehead atoms. The molecule has 0 saturated heterocycles. The van der Waals surface area contributed by atoms with Gasteiger partial charge in [0.25, 0.3) is 0 Å². The molecular formula is C23H25Cl2NS. The molecule has 3 rings (SSSR count). The maximum absolute atomic E-state index is 5.79. The Kier molecular flexibility index (Phi) is 9.23. The molecule has 0 saturated carbocycles. The van der Waals surface area contributed by atoms with E-state index < -0.39 is 0 Å². The van der Waals surface area contributed by atoms with E-state index in [1.165, 1.54) is 16.7 Å². The van der Waals surface area contributed by atoms with Crippen molar-refractivity contribution in [3.8, 4) is 0 Å². The molecule has 0 fully saturated rings. The third-order valence-electron chi connectivity index (χ3n) is 4.41. The molecule has 4 heteroatoms. The van der Waals surface area contributed by atoms with E-state index in [0.717, 1.165) is 18.8 Å². The van der Waals surface area contributed by atoms with Gasteiger partial charge in [0.05, 0.1) is 4.75 Å². The highest BCUT2D eigenvalue weighted by Crippen LogP contribution is 2.48. The molecule has 0 radical (unpaired) electrons. The highest BCUT2D eigenvalue weighted by Gasteiger charge is 2.36. The Morgan fingerprint density at radius 3 is 1.44 bits per heavy atom. The highest BCUT2D eigenvalue weighted by molar-refractivity contribution is 8.00. The predicted molar refractivity (Wildman–Crippen MR) is 123 cm³/mol. The lowest BCUT2D eigenvalue weighted by Crippen LogP contribution is -2.28. The van der Waals surface area contributed by atoms with Crippen LogP contribution in [-0.2, 0) is 4.75 Å². The molecule has 0 aliphatic heterocycles. The Morgan fingerprint density at radius 1 is 0.667 bits per heavy atom. The van der Waals surface area contributed by atoms with Gasteiger partial charge in [0.1, 0.15) is 0 Å². The number of alkyl halides is 1. The van der Waals surface area contributed by atoms with Gasteiger partial charge in [-0.2, -0.15) is 0 Å². The number of nitrogens with one attached hydrogen (secondary N) is 1. The zero-order valence-electron chi connectivity index (χ0n) is 15.2. The van der Waals surface area contributed by atoms with Crippen LogP contribution < -0.4 is 5.32 Å². The van der Waals surface area contributed by atoms with E-state index in [-0.39, 0.29) is 17.2 Å². The van der Waals surface area contributed by atoms with Gasteiger partial charge in [0.2, 0.25) is 0 Å². The SMILES string of the molecule is Cl.ClCCNCCSC(c1ccccc1)(c1ccccc1)c1ccccc1. The fourth-order valence-corrected chi connectivity index (χ4v) is 4.83. The molecule has 0 spiro atoms. The maximum Gasteiger partial charge on any atom is 0.0907 e. The summed E-state index contributed by atoms with van der Waals surface area (Å²) < 4.78 is -0.230. The molecule has 0 aliphatic carbocycles. The van der Waals surface area contributed by atoms with Crippen LogP contribution in [0.4, 0.5) is 0 Å². The average Bonchev–Trinajstić information content (AvgIpc) is 2.73. The van der Waals surface area contributed by atoms with Crippen molar-refractivity contribution in [3.63, 3.8) is 0 Å². The van der Waals surface area contributed by atoms with Crippen molar-refractivity contribution in [2.45, 2.75) is 4.75 Å². The second kappa shape index (κ2) is 11.4. The van der Waals surface area contributed by atoms with Crippen LogP contribution in [0.15, 0.2) is 91.0 Å². The van der Waals surface area contributed by atoms with Gasteiger partial charge in [-0.05, 0) is 16.7 Å². The van der Waals surface area contributed by atoms with Crippen molar-refractivity contribution >= 4 is 35.8 Å². The van der Waals surface area contributed by atoms with Crippen molar-refractivity contribution in [2.75, 3.05) is 24.7 Å². The van der Waals surface area contributed by atoms with E-state index in [0.29, 0.717) is 5.88 Å². The van der Waals surface area contributed by atoms with E-state index in [4.69, 9.17) is 11.6 Å². The van der Waals surface area contributed by atoms with Crippen LogP contribution in [0.5, 0.6) is 0 Å². The van der Waals surface area contributed by atoms with E-state index in [2.05, 4.69) is 96.3 Å². The summed E-state index contributed by atoms with van der Waals surface area (Å²) >= 11 is 7.76. The van der Waals surface area contributed by atoms with Crippen LogP contribution in [0.25, 0.3) is 0 Å². The minimum atomic E-state index is -0.230. The number of hydrogen-bond donors (Lipinski definition) is 1. The van der Waals surface area contributed by atoms with Gasteiger partial charge >= 0.3 is 0 Å².